The molecule has 0 amide bonds. The minimum atomic E-state index is -3.55. The van der Waals surface area contributed by atoms with Crippen LogP contribution in [0.1, 0.15) is 40.5 Å². The Labute approximate surface area is 168 Å². The number of rotatable bonds is 9. The maximum absolute atomic E-state index is 12.3. The van der Waals surface area contributed by atoms with Crippen molar-refractivity contribution < 1.29 is 16.8 Å². The highest BCUT2D eigenvalue weighted by Gasteiger charge is 2.18. The fourth-order valence-corrected chi connectivity index (χ4v) is 5.14. The van der Waals surface area contributed by atoms with Crippen molar-refractivity contribution in [3.63, 3.8) is 0 Å². The van der Waals surface area contributed by atoms with E-state index >= 15 is 0 Å². The summed E-state index contributed by atoms with van der Waals surface area (Å²) in [4.78, 5) is 0.405. The van der Waals surface area contributed by atoms with Gasteiger partial charge in [0.05, 0.1) is 9.79 Å². The van der Waals surface area contributed by atoms with Crippen molar-refractivity contribution in [1.29, 1.82) is 0 Å². The standard InChI is InChI=1S/C20H28N2O4S2/c1-5-15(3)21-27(23,24)19-11-7-17(8-12-19)18-9-13-20(14-10-18)28(25,26)22-16(4)6-2/h7-16,21-22H,5-6H2,1-4H3. The Morgan fingerprint density at radius 3 is 1.18 bits per heavy atom. The summed E-state index contributed by atoms with van der Waals surface area (Å²) in [6.07, 6.45) is 1.41. The van der Waals surface area contributed by atoms with Crippen LogP contribution in [0.2, 0.25) is 0 Å². The van der Waals surface area contributed by atoms with Crippen LogP contribution in [-0.4, -0.2) is 28.9 Å². The lowest BCUT2D eigenvalue weighted by Crippen LogP contribution is -2.32. The predicted molar refractivity (Wildman–Crippen MR) is 112 cm³/mol. The molecule has 0 bridgehead atoms. The van der Waals surface area contributed by atoms with Gasteiger partial charge in [-0.2, -0.15) is 0 Å². The van der Waals surface area contributed by atoms with Crippen molar-refractivity contribution in [2.75, 3.05) is 0 Å². The first kappa shape index (κ1) is 22.5. The molecule has 0 aliphatic carbocycles. The van der Waals surface area contributed by atoms with Crippen LogP contribution in [0.3, 0.4) is 0 Å². The summed E-state index contributed by atoms with van der Waals surface area (Å²) in [6.45, 7) is 7.46. The lowest BCUT2D eigenvalue weighted by atomic mass is 10.1. The van der Waals surface area contributed by atoms with Crippen molar-refractivity contribution in [3.8, 4) is 11.1 Å². The van der Waals surface area contributed by atoms with Crippen LogP contribution in [0.25, 0.3) is 11.1 Å². The Bertz CT molecular complexity index is 900. The summed E-state index contributed by atoms with van der Waals surface area (Å²) >= 11 is 0. The number of benzene rings is 2. The van der Waals surface area contributed by atoms with E-state index in [0.29, 0.717) is 12.8 Å². The third kappa shape index (κ3) is 5.64. The van der Waals surface area contributed by atoms with Gasteiger partial charge >= 0.3 is 0 Å². The molecule has 6 nitrogen and oxygen atoms in total. The van der Waals surface area contributed by atoms with Gasteiger partial charge in [0, 0.05) is 12.1 Å². The molecule has 2 rings (SSSR count). The van der Waals surface area contributed by atoms with Gasteiger partial charge in [0.15, 0.2) is 0 Å². The number of nitrogens with one attached hydrogen (secondary N) is 2. The van der Waals surface area contributed by atoms with Gasteiger partial charge in [0.2, 0.25) is 20.0 Å². The zero-order valence-corrected chi connectivity index (χ0v) is 18.3. The number of hydrogen-bond donors (Lipinski definition) is 2. The molecule has 154 valence electrons. The van der Waals surface area contributed by atoms with Crippen LogP contribution in [0.15, 0.2) is 58.3 Å². The largest absolute Gasteiger partial charge is 0.240 e. The van der Waals surface area contributed by atoms with Crippen LogP contribution in [0, 0.1) is 0 Å². The van der Waals surface area contributed by atoms with Crippen LogP contribution >= 0.6 is 0 Å². The van der Waals surface area contributed by atoms with E-state index in [0.717, 1.165) is 11.1 Å². The van der Waals surface area contributed by atoms with Gasteiger partial charge in [-0.1, -0.05) is 38.1 Å². The zero-order valence-electron chi connectivity index (χ0n) is 16.6. The van der Waals surface area contributed by atoms with Crippen molar-refractivity contribution in [3.05, 3.63) is 48.5 Å². The van der Waals surface area contributed by atoms with E-state index < -0.39 is 20.0 Å². The highest BCUT2D eigenvalue weighted by molar-refractivity contribution is 7.89. The minimum Gasteiger partial charge on any atom is -0.208 e. The first-order chi connectivity index (χ1) is 13.1. The van der Waals surface area contributed by atoms with Gasteiger partial charge in [-0.05, 0) is 62.1 Å². The van der Waals surface area contributed by atoms with E-state index in [1.165, 1.54) is 0 Å². The Balaban J connectivity index is 2.21. The van der Waals surface area contributed by atoms with Crippen molar-refractivity contribution in [2.45, 2.75) is 62.4 Å². The van der Waals surface area contributed by atoms with Crippen LogP contribution in [-0.2, 0) is 20.0 Å². The summed E-state index contributed by atoms with van der Waals surface area (Å²) in [5.74, 6) is 0. The molecule has 2 atom stereocenters. The summed E-state index contributed by atoms with van der Waals surface area (Å²) in [5.41, 5.74) is 1.61. The summed E-state index contributed by atoms with van der Waals surface area (Å²) < 4.78 is 54.6. The van der Waals surface area contributed by atoms with E-state index in [1.807, 2.05) is 27.7 Å². The second-order valence-corrected chi connectivity index (χ2v) is 10.3. The molecule has 0 saturated heterocycles. The normalized spacial score (nSPS) is 14.6. The van der Waals surface area contributed by atoms with Crippen molar-refractivity contribution in [1.82, 2.24) is 9.44 Å². The van der Waals surface area contributed by atoms with Gasteiger partial charge in [-0.15, -0.1) is 0 Å². The maximum atomic E-state index is 12.3. The summed E-state index contributed by atoms with van der Waals surface area (Å²) in [6, 6.07) is 12.8. The lowest BCUT2D eigenvalue weighted by molar-refractivity contribution is 0.554. The zero-order chi connectivity index (χ0) is 20.9. The Morgan fingerprint density at radius 1 is 0.643 bits per heavy atom. The molecular formula is C20H28N2O4S2. The first-order valence-electron chi connectivity index (χ1n) is 9.34. The third-order valence-corrected chi connectivity index (χ3v) is 7.81. The SMILES string of the molecule is CCC(C)NS(=O)(=O)c1ccc(-c2ccc(S(=O)(=O)NC(C)CC)cc2)cc1. The fourth-order valence-electron chi connectivity index (χ4n) is 2.49. The average molecular weight is 425 g/mol. The molecule has 0 spiro atoms. The molecular weight excluding hydrogens is 396 g/mol. The predicted octanol–water partition coefficient (Wildman–Crippen LogP) is 3.51. The molecule has 0 saturated carbocycles. The monoisotopic (exact) mass is 424 g/mol. The smallest absolute Gasteiger partial charge is 0.208 e. The van der Waals surface area contributed by atoms with Gasteiger partial charge in [0.25, 0.3) is 0 Å². The first-order valence-corrected chi connectivity index (χ1v) is 12.3. The molecule has 8 heteroatoms. The van der Waals surface area contributed by atoms with Crippen LogP contribution < -0.4 is 9.44 Å². The molecule has 2 aromatic carbocycles. The maximum Gasteiger partial charge on any atom is 0.240 e. The van der Waals surface area contributed by atoms with Crippen molar-refractivity contribution in [2.24, 2.45) is 0 Å². The summed E-state index contributed by atoms with van der Waals surface area (Å²) in [7, 11) is -7.10. The molecule has 28 heavy (non-hydrogen) atoms. The second-order valence-electron chi connectivity index (χ2n) is 6.91. The highest BCUT2D eigenvalue weighted by Crippen LogP contribution is 2.23. The molecule has 0 fully saturated rings. The second kappa shape index (κ2) is 9.17. The van der Waals surface area contributed by atoms with Crippen molar-refractivity contribution >= 4 is 20.0 Å². The van der Waals surface area contributed by atoms with Gasteiger partial charge in [0.1, 0.15) is 0 Å². The van der Waals surface area contributed by atoms with Crippen LogP contribution in [0.5, 0.6) is 0 Å². The highest BCUT2D eigenvalue weighted by atomic mass is 32.2. The van der Waals surface area contributed by atoms with E-state index in [4.69, 9.17) is 0 Å². The molecule has 0 aromatic heterocycles. The van der Waals surface area contributed by atoms with E-state index in [9.17, 15) is 16.8 Å². The Kier molecular flexibility index (Phi) is 7.39. The Hall–Kier alpha value is -1.74. The molecule has 0 aliphatic heterocycles. The van der Waals surface area contributed by atoms with E-state index in [1.54, 1.807) is 48.5 Å². The lowest BCUT2D eigenvalue weighted by Gasteiger charge is -2.13. The molecule has 2 N–H and O–H groups in total. The topological polar surface area (TPSA) is 92.3 Å². The molecule has 0 heterocycles. The van der Waals surface area contributed by atoms with E-state index in [2.05, 4.69) is 9.44 Å². The fraction of sp³-hybridized carbons (Fsp3) is 0.400. The minimum absolute atomic E-state index is 0.136. The number of hydrogen-bond acceptors (Lipinski definition) is 4. The third-order valence-electron chi connectivity index (χ3n) is 4.60. The van der Waals surface area contributed by atoms with Gasteiger partial charge < -0.3 is 0 Å². The van der Waals surface area contributed by atoms with Crippen LogP contribution in [0.4, 0.5) is 0 Å². The Morgan fingerprint density at radius 2 is 0.929 bits per heavy atom. The molecule has 2 aromatic rings. The molecule has 0 radical (unpaired) electrons. The van der Waals surface area contributed by atoms with E-state index in [-0.39, 0.29) is 21.9 Å². The number of sulfonamides is 2. The van der Waals surface area contributed by atoms with Gasteiger partial charge in [-0.3, -0.25) is 0 Å². The molecule has 0 aliphatic rings. The molecule has 2 unspecified atom stereocenters. The average Bonchev–Trinajstić information content (AvgIpc) is 2.67. The van der Waals surface area contributed by atoms with Gasteiger partial charge in [-0.25, -0.2) is 26.3 Å². The summed E-state index contributed by atoms with van der Waals surface area (Å²) in [5, 5.41) is 0. The quantitative estimate of drug-likeness (QED) is 0.644.